The fraction of sp³-hybridized carbons (Fsp3) is 0.750. The monoisotopic (exact) mass is 267 g/mol. The molecule has 3 saturated heterocycles. The number of carbonyl (C=O) groups excluding carboxylic acids is 3. The van der Waals surface area contributed by atoms with Crippen LogP contribution in [0.25, 0.3) is 0 Å². The standard InChI is InChI=1S/C12H17N3O4/c16-9(8-2-1-5-19-6-8)15-4-3-12(7-15)10(17)13-11(18)14-12/h8H,1-7H2,(H2,13,14,17,18). The molecule has 104 valence electrons. The highest BCUT2D eigenvalue weighted by Crippen LogP contribution is 2.27. The predicted molar refractivity (Wildman–Crippen MR) is 64.1 cm³/mol. The van der Waals surface area contributed by atoms with Crippen molar-refractivity contribution in [2.45, 2.75) is 24.8 Å². The van der Waals surface area contributed by atoms with Gasteiger partial charge in [-0.3, -0.25) is 14.9 Å². The number of hydrogen-bond acceptors (Lipinski definition) is 4. The summed E-state index contributed by atoms with van der Waals surface area (Å²) < 4.78 is 5.32. The molecule has 0 bridgehead atoms. The molecule has 3 rings (SSSR count). The molecule has 7 nitrogen and oxygen atoms in total. The summed E-state index contributed by atoms with van der Waals surface area (Å²) in [4.78, 5) is 37.0. The molecule has 7 heteroatoms. The van der Waals surface area contributed by atoms with Crippen molar-refractivity contribution in [3.8, 4) is 0 Å². The van der Waals surface area contributed by atoms with Crippen molar-refractivity contribution in [1.82, 2.24) is 15.5 Å². The van der Waals surface area contributed by atoms with Crippen LogP contribution in [0.15, 0.2) is 0 Å². The number of nitrogens with zero attached hydrogens (tertiary/aromatic N) is 1. The molecule has 3 fully saturated rings. The van der Waals surface area contributed by atoms with Crippen molar-refractivity contribution in [3.05, 3.63) is 0 Å². The van der Waals surface area contributed by atoms with Crippen LogP contribution in [0.2, 0.25) is 0 Å². The fourth-order valence-corrected chi connectivity index (χ4v) is 3.01. The number of urea groups is 1. The molecule has 19 heavy (non-hydrogen) atoms. The van der Waals surface area contributed by atoms with E-state index in [2.05, 4.69) is 10.6 Å². The van der Waals surface area contributed by atoms with Crippen LogP contribution in [0.4, 0.5) is 4.79 Å². The smallest absolute Gasteiger partial charge is 0.322 e. The number of hydrogen-bond donors (Lipinski definition) is 2. The summed E-state index contributed by atoms with van der Waals surface area (Å²) in [6.07, 6.45) is 2.21. The minimum absolute atomic E-state index is 0.0329. The van der Waals surface area contributed by atoms with Crippen LogP contribution in [0.3, 0.4) is 0 Å². The predicted octanol–water partition coefficient (Wildman–Crippen LogP) is -0.776. The van der Waals surface area contributed by atoms with Crippen molar-refractivity contribution in [3.63, 3.8) is 0 Å². The lowest BCUT2D eigenvalue weighted by molar-refractivity contribution is -0.139. The van der Waals surface area contributed by atoms with Crippen LogP contribution in [-0.4, -0.2) is 54.6 Å². The lowest BCUT2D eigenvalue weighted by atomic mass is 9.99. The van der Waals surface area contributed by atoms with Gasteiger partial charge in [-0.1, -0.05) is 0 Å². The van der Waals surface area contributed by atoms with Gasteiger partial charge in [0.15, 0.2) is 0 Å². The van der Waals surface area contributed by atoms with E-state index in [-0.39, 0.29) is 24.3 Å². The third-order valence-corrected chi connectivity index (χ3v) is 4.11. The Morgan fingerprint density at radius 1 is 1.42 bits per heavy atom. The van der Waals surface area contributed by atoms with Crippen LogP contribution < -0.4 is 10.6 Å². The third-order valence-electron chi connectivity index (χ3n) is 4.11. The normalized spacial score (nSPS) is 34.5. The molecule has 0 saturated carbocycles. The Labute approximate surface area is 110 Å². The number of carbonyl (C=O) groups is 3. The molecule has 1 spiro atoms. The molecule has 3 heterocycles. The van der Waals surface area contributed by atoms with E-state index in [1.165, 1.54) is 0 Å². The second-order valence-electron chi connectivity index (χ2n) is 5.41. The third kappa shape index (κ3) is 2.07. The van der Waals surface area contributed by atoms with Crippen molar-refractivity contribution < 1.29 is 19.1 Å². The van der Waals surface area contributed by atoms with Gasteiger partial charge in [-0.2, -0.15) is 0 Å². The molecular formula is C12H17N3O4. The molecule has 2 N–H and O–H groups in total. The summed E-state index contributed by atoms with van der Waals surface area (Å²) in [5.41, 5.74) is -0.914. The zero-order valence-corrected chi connectivity index (χ0v) is 10.6. The molecule has 0 aromatic rings. The van der Waals surface area contributed by atoms with Gasteiger partial charge in [0, 0.05) is 13.2 Å². The van der Waals surface area contributed by atoms with Crippen LogP contribution in [0, 0.1) is 5.92 Å². The molecular weight excluding hydrogens is 250 g/mol. The SMILES string of the molecule is O=C1NC(=O)C2(CCN(C(=O)C3CCCOC3)C2)N1. The number of ether oxygens (including phenoxy) is 1. The Balaban J connectivity index is 1.67. The molecule has 4 amide bonds. The van der Waals surface area contributed by atoms with E-state index >= 15 is 0 Å². The highest BCUT2D eigenvalue weighted by molar-refractivity contribution is 6.07. The van der Waals surface area contributed by atoms with Gasteiger partial charge in [0.05, 0.1) is 19.1 Å². The van der Waals surface area contributed by atoms with Gasteiger partial charge in [0.2, 0.25) is 5.91 Å². The summed E-state index contributed by atoms with van der Waals surface area (Å²) in [7, 11) is 0. The molecule has 0 aromatic heterocycles. The quantitative estimate of drug-likeness (QED) is 0.610. The maximum absolute atomic E-state index is 12.3. The molecule has 2 unspecified atom stereocenters. The maximum atomic E-state index is 12.3. The molecule has 3 aliphatic heterocycles. The average molecular weight is 267 g/mol. The zero-order valence-electron chi connectivity index (χ0n) is 10.6. The highest BCUT2D eigenvalue weighted by atomic mass is 16.5. The Bertz CT molecular complexity index is 433. The van der Waals surface area contributed by atoms with Crippen molar-refractivity contribution in [2.24, 2.45) is 5.92 Å². The van der Waals surface area contributed by atoms with E-state index in [1.807, 2.05) is 0 Å². The zero-order chi connectivity index (χ0) is 13.5. The van der Waals surface area contributed by atoms with Gasteiger partial charge < -0.3 is 15.0 Å². The van der Waals surface area contributed by atoms with Gasteiger partial charge in [0.1, 0.15) is 5.54 Å². The Morgan fingerprint density at radius 2 is 2.26 bits per heavy atom. The first-order chi connectivity index (χ1) is 9.11. The second kappa shape index (κ2) is 4.48. The minimum atomic E-state index is -0.914. The summed E-state index contributed by atoms with van der Waals surface area (Å²) in [6.45, 7) is 1.94. The molecule has 3 aliphatic rings. The van der Waals surface area contributed by atoms with Crippen LogP contribution >= 0.6 is 0 Å². The Kier molecular flexibility index (Phi) is 2.93. The number of rotatable bonds is 1. The number of nitrogens with one attached hydrogen (secondary N) is 2. The van der Waals surface area contributed by atoms with E-state index in [0.29, 0.717) is 26.2 Å². The number of imide groups is 1. The van der Waals surface area contributed by atoms with Crippen LogP contribution in [-0.2, 0) is 14.3 Å². The Hall–Kier alpha value is -1.63. The lowest BCUT2D eigenvalue weighted by Crippen LogP contribution is -2.50. The summed E-state index contributed by atoms with van der Waals surface area (Å²) in [5.74, 6) is -0.401. The number of likely N-dealkylation sites (tertiary alicyclic amines) is 1. The minimum Gasteiger partial charge on any atom is -0.381 e. The first-order valence-corrected chi connectivity index (χ1v) is 6.61. The van der Waals surface area contributed by atoms with E-state index in [9.17, 15) is 14.4 Å². The van der Waals surface area contributed by atoms with Crippen molar-refractivity contribution >= 4 is 17.8 Å². The summed E-state index contributed by atoms with van der Waals surface area (Å²) >= 11 is 0. The molecule has 0 aromatic carbocycles. The van der Waals surface area contributed by atoms with Crippen LogP contribution in [0.1, 0.15) is 19.3 Å². The highest BCUT2D eigenvalue weighted by Gasteiger charge is 2.52. The maximum Gasteiger partial charge on any atom is 0.322 e. The van der Waals surface area contributed by atoms with Gasteiger partial charge in [-0.05, 0) is 19.3 Å². The summed E-state index contributed by atoms with van der Waals surface area (Å²) in [6, 6.07) is -0.472. The van der Waals surface area contributed by atoms with Crippen molar-refractivity contribution in [1.29, 1.82) is 0 Å². The lowest BCUT2D eigenvalue weighted by Gasteiger charge is -2.27. The number of amides is 4. The summed E-state index contributed by atoms with van der Waals surface area (Å²) in [5, 5.41) is 4.88. The Morgan fingerprint density at radius 3 is 2.89 bits per heavy atom. The first kappa shape index (κ1) is 12.4. The van der Waals surface area contributed by atoms with E-state index in [0.717, 1.165) is 12.8 Å². The van der Waals surface area contributed by atoms with E-state index in [1.54, 1.807) is 4.90 Å². The van der Waals surface area contributed by atoms with Gasteiger partial charge >= 0.3 is 6.03 Å². The van der Waals surface area contributed by atoms with Gasteiger partial charge in [-0.15, -0.1) is 0 Å². The topological polar surface area (TPSA) is 87.7 Å². The largest absolute Gasteiger partial charge is 0.381 e. The second-order valence-corrected chi connectivity index (χ2v) is 5.41. The van der Waals surface area contributed by atoms with Crippen LogP contribution in [0.5, 0.6) is 0 Å². The average Bonchev–Trinajstić information content (AvgIpc) is 2.95. The molecule has 0 aliphatic carbocycles. The van der Waals surface area contributed by atoms with Gasteiger partial charge in [-0.25, -0.2) is 4.79 Å². The van der Waals surface area contributed by atoms with Gasteiger partial charge in [0.25, 0.3) is 5.91 Å². The first-order valence-electron chi connectivity index (χ1n) is 6.61. The fourth-order valence-electron chi connectivity index (χ4n) is 3.01. The van der Waals surface area contributed by atoms with Crippen molar-refractivity contribution in [2.75, 3.05) is 26.3 Å². The molecule has 2 atom stereocenters. The molecule has 0 radical (unpaired) electrons. The van der Waals surface area contributed by atoms with E-state index in [4.69, 9.17) is 4.74 Å². The van der Waals surface area contributed by atoms with E-state index < -0.39 is 11.6 Å².